The Hall–Kier alpha value is -4.30. The lowest BCUT2D eigenvalue weighted by Gasteiger charge is -2.16. The van der Waals surface area contributed by atoms with Gasteiger partial charge in [-0.25, -0.2) is 9.97 Å². The van der Waals surface area contributed by atoms with Gasteiger partial charge in [-0.1, -0.05) is 97.1 Å². The second-order valence-electron chi connectivity index (χ2n) is 8.80. The molecule has 0 aliphatic carbocycles. The summed E-state index contributed by atoms with van der Waals surface area (Å²) in [6.07, 6.45) is 0. The highest BCUT2D eigenvalue weighted by Crippen LogP contribution is 2.37. The maximum Gasteiger partial charge on any atom is 0.0973 e. The normalized spacial score (nSPS) is 11.2. The number of fused-ring (bicyclic) bond motifs is 2. The van der Waals surface area contributed by atoms with Crippen molar-refractivity contribution < 1.29 is 0 Å². The molecule has 0 saturated carbocycles. The topological polar surface area (TPSA) is 25.8 Å². The minimum absolute atomic E-state index is 0.911. The molecule has 2 nitrogen and oxygen atoms in total. The number of aromatic nitrogens is 2. The van der Waals surface area contributed by atoms with Crippen molar-refractivity contribution in [2.75, 3.05) is 0 Å². The monoisotopic (exact) mass is 436 g/mol. The Balaban J connectivity index is 1.65. The first-order chi connectivity index (χ1) is 16.7. The van der Waals surface area contributed by atoms with Gasteiger partial charge in [-0.05, 0) is 53.1 Å². The summed E-state index contributed by atoms with van der Waals surface area (Å²) in [6, 6.07) is 38.3. The van der Waals surface area contributed by atoms with E-state index in [1.807, 2.05) is 18.2 Å². The molecule has 0 unspecified atom stereocenters. The van der Waals surface area contributed by atoms with E-state index in [9.17, 15) is 0 Å². The molecule has 6 aromatic rings. The van der Waals surface area contributed by atoms with Crippen molar-refractivity contribution in [3.05, 3.63) is 120 Å². The molecule has 0 bridgehead atoms. The summed E-state index contributed by atoms with van der Waals surface area (Å²) in [4.78, 5) is 10.4. The third-order valence-electron chi connectivity index (χ3n) is 6.49. The Labute approximate surface area is 199 Å². The number of nitrogens with zero attached hydrogens (tertiary/aromatic N) is 2. The van der Waals surface area contributed by atoms with Crippen LogP contribution in [0.25, 0.3) is 55.3 Å². The molecular formula is C32H24N2. The molecule has 34 heavy (non-hydrogen) atoms. The SMILES string of the molecule is Cc1cc2ccccc2cc1-c1nc(C)c(-c2ccccc2)nc1-c1ccc2ccccc2c1. The van der Waals surface area contributed by atoms with Gasteiger partial charge >= 0.3 is 0 Å². The highest BCUT2D eigenvalue weighted by atomic mass is 14.8. The van der Waals surface area contributed by atoms with Crippen LogP contribution in [0.3, 0.4) is 0 Å². The molecule has 0 saturated heterocycles. The first-order valence-electron chi connectivity index (χ1n) is 11.6. The van der Waals surface area contributed by atoms with Gasteiger partial charge in [0.2, 0.25) is 0 Å². The molecule has 1 heterocycles. The first kappa shape index (κ1) is 20.3. The van der Waals surface area contributed by atoms with E-state index in [0.29, 0.717) is 0 Å². The van der Waals surface area contributed by atoms with Crippen LogP contribution in [0.1, 0.15) is 11.3 Å². The van der Waals surface area contributed by atoms with Crippen LogP contribution in [0.2, 0.25) is 0 Å². The average Bonchev–Trinajstić information content (AvgIpc) is 2.88. The van der Waals surface area contributed by atoms with Gasteiger partial charge in [0, 0.05) is 16.7 Å². The van der Waals surface area contributed by atoms with Gasteiger partial charge in [0.15, 0.2) is 0 Å². The quantitative estimate of drug-likeness (QED) is 0.278. The smallest absolute Gasteiger partial charge is 0.0973 e. The summed E-state index contributed by atoms with van der Waals surface area (Å²) in [5.41, 5.74) is 8.16. The van der Waals surface area contributed by atoms with E-state index in [2.05, 4.69) is 105 Å². The van der Waals surface area contributed by atoms with Crippen LogP contribution in [0.5, 0.6) is 0 Å². The van der Waals surface area contributed by atoms with Crippen LogP contribution < -0.4 is 0 Å². The number of benzene rings is 5. The lowest BCUT2D eigenvalue weighted by atomic mass is 9.95. The highest BCUT2D eigenvalue weighted by Gasteiger charge is 2.18. The Morgan fingerprint density at radius 2 is 1.06 bits per heavy atom. The number of hydrogen-bond acceptors (Lipinski definition) is 2. The zero-order chi connectivity index (χ0) is 23.1. The molecule has 0 fully saturated rings. The zero-order valence-corrected chi connectivity index (χ0v) is 19.3. The molecule has 0 N–H and O–H groups in total. The van der Waals surface area contributed by atoms with Gasteiger partial charge in [-0.15, -0.1) is 0 Å². The standard InChI is InChI=1S/C32H24N2/c1-21-18-25-13-8-9-15-27(25)20-29(21)32-31(28-17-16-23-10-6-7-14-26(23)19-28)34-30(22(2)33-32)24-11-4-3-5-12-24/h3-20H,1-2H3. The second kappa shape index (κ2) is 8.24. The van der Waals surface area contributed by atoms with Crippen LogP contribution in [0.15, 0.2) is 109 Å². The van der Waals surface area contributed by atoms with Gasteiger partial charge in [0.05, 0.1) is 22.8 Å². The molecule has 0 aliphatic heterocycles. The molecular weight excluding hydrogens is 412 g/mol. The second-order valence-corrected chi connectivity index (χ2v) is 8.80. The predicted octanol–water partition coefficient (Wildman–Crippen LogP) is 8.40. The van der Waals surface area contributed by atoms with Crippen molar-refractivity contribution in [1.29, 1.82) is 0 Å². The Morgan fingerprint density at radius 3 is 1.79 bits per heavy atom. The maximum absolute atomic E-state index is 5.25. The molecule has 0 spiro atoms. The van der Waals surface area contributed by atoms with E-state index in [4.69, 9.17) is 9.97 Å². The van der Waals surface area contributed by atoms with Crippen molar-refractivity contribution >= 4 is 21.5 Å². The van der Waals surface area contributed by atoms with Crippen LogP contribution in [0.4, 0.5) is 0 Å². The van der Waals surface area contributed by atoms with Gasteiger partial charge in [-0.2, -0.15) is 0 Å². The molecule has 162 valence electrons. The number of aryl methyl sites for hydroxylation is 2. The summed E-state index contributed by atoms with van der Waals surface area (Å²) in [6.45, 7) is 4.22. The van der Waals surface area contributed by atoms with E-state index in [1.165, 1.54) is 27.1 Å². The zero-order valence-electron chi connectivity index (χ0n) is 19.3. The predicted molar refractivity (Wildman–Crippen MR) is 143 cm³/mol. The maximum atomic E-state index is 5.25. The summed E-state index contributed by atoms with van der Waals surface area (Å²) in [5, 5.41) is 4.86. The molecule has 0 atom stereocenters. The van der Waals surface area contributed by atoms with Crippen molar-refractivity contribution in [1.82, 2.24) is 9.97 Å². The van der Waals surface area contributed by atoms with Gasteiger partial charge in [0.1, 0.15) is 0 Å². The van der Waals surface area contributed by atoms with E-state index in [-0.39, 0.29) is 0 Å². The van der Waals surface area contributed by atoms with Crippen molar-refractivity contribution in [3.8, 4) is 33.8 Å². The Bertz CT molecular complexity index is 1670. The minimum atomic E-state index is 0.911. The van der Waals surface area contributed by atoms with E-state index >= 15 is 0 Å². The Morgan fingerprint density at radius 1 is 0.441 bits per heavy atom. The summed E-state index contributed by atoms with van der Waals surface area (Å²) in [7, 11) is 0. The lowest BCUT2D eigenvalue weighted by molar-refractivity contribution is 1.13. The number of rotatable bonds is 3. The first-order valence-corrected chi connectivity index (χ1v) is 11.6. The fourth-order valence-electron chi connectivity index (χ4n) is 4.72. The van der Waals surface area contributed by atoms with E-state index in [1.54, 1.807) is 0 Å². The fraction of sp³-hybridized carbons (Fsp3) is 0.0625. The highest BCUT2D eigenvalue weighted by molar-refractivity contribution is 5.93. The summed E-state index contributed by atoms with van der Waals surface area (Å²) < 4.78 is 0. The Kier molecular flexibility index (Phi) is 4.92. The fourth-order valence-corrected chi connectivity index (χ4v) is 4.72. The molecule has 0 amide bonds. The molecule has 0 aliphatic rings. The average molecular weight is 437 g/mol. The van der Waals surface area contributed by atoms with Gasteiger partial charge in [-0.3, -0.25) is 0 Å². The summed E-state index contributed by atoms with van der Waals surface area (Å²) in [5.74, 6) is 0. The van der Waals surface area contributed by atoms with E-state index in [0.717, 1.165) is 39.5 Å². The third-order valence-corrected chi connectivity index (χ3v) is 6.49. The molecule has 5 aromatic carbocycles. The number of hydrogen-bond donors (Lipinski definition) is 0. The van der Waals surface area contributed by atoms with Crippen LogP contribution in [-0.2, 0) is 0 Å². The lowest BCUT2D eigenvalue weighted by Crippen LogP contribution is -2.01. The summed E-state index contributed by atoms with van der Waals surface area (Å²) >= 11 is 0. The van der Waals surface area contributed by atoms with Crippen molar-refractivity contribution in [3.63, 3.8) is 0 Å². The van der Waals surface area contributed by atoms with Crippen molar-refractivity contribution in [2.24, 2.45) is 0 Å². The third kappa shape index (κ3) is 3.54. The molecule has 6 rings (SSSR count). The molecule has 1 aromatic heterocycles. The largest absolute Gasteiger partial charge is 0.249 e. The minimum Gasteiger partial charge on any atom is -0.249 e. The van der Waals surface area contributed by atoms with Crippen LogP contribution in [0, 0.1) is 13.8 Å². The molecule has 0 radical (unpaired) electrons. The van der Waals surface area contributed by atoms with Gasteiger partial charge in [0.25, 0.3) is 0 Å². The van der Waals surface area contributed by atoms with E-state index < -0.39 is 0 Å². The van der Waals surface area contributed by atoms with Crippen LogP contribution >= 0.6 is 0 Å². The van der Waals surface area contributed by atoms with Crippen LogP contribution in [-0.4, -0.2) is 9.97 Å². The molecule has 2 heteroatoms. The van der Waals surface area contributed by atoms with Crippen molar-refractivity contribution in [2.45, 2.75) is 13.8 Å². The van der Waals surface area contributed by atoms with Gasteiger partial charge < -0.3 is 0 Å².